The zero-order valence-electron chi connectivity index (χ0n) is 33.9. The number of fused-ring (bicyclic) bond motifs is 6. The van der Waals surface area contributed by atoms with Crippen LogP contribution in [-0.2, 0) is 6.42 Å². The van der Waals surface area contributed by atoms with Crippen LogP contribution in [0.25, 0.3) is 83.8 Å². The molecule has 294 valence electrons. The number of pyridine rings is 1. The summed E-state index contributed by atoms with van der Waals surface area (Å²) in [6.07, 6.45) is 16.0. The van der Waals surface area contributed by atoms with E-state index in [1.54, 1.807) is 0 Å². The molecule has 2 aliphatic rings. The lowest BCUT2D eigenvalue weighted by molar-refractivity contribution is 0.804. The summed E-state index contributed by atoms with van der Waals surface area (Å²) in [7, 11) is 0. The highest BCUT2D eigenvalue weighted by Gasteiger charge is 2.27. The molecule has 0 amide bonds. The molecule has 0 saturated heterocycles. The van der Waals surface area contributed by atoms with E-state index in [0.717, 1.165) is 41.5 Å². The third-order valence-electron chi connectivity index (χ3n) is 12.5. The molecule has 0 radical (unpaired) electrons. The van der Waals surface area contributed by atoms with Crippen molar-refractivity contribution in [3.63, 3.8) is 0 Å². The zero-order valence-corrected chi connectivity index (χ0v) is 33.9. The quantitative estimate of drug-likeness (QED) is 0.161. The van der Waals surface area contributed by atoms with E-state index in [1.807, 2.05) is 73.1 Å². The average molecular weight is 797 g/mol. The Morgan fingerprint density at radius 1 is 0.500 bits per heavy atom. The van der Waals surface area contributed by atoms with Crippen molar-refractivity contribution in [3.8, 4) is 39.9 Å². The predicted octanol–water partition coefficient (Wildman–Crippen LogP) is 13.3. The van der Waals surface area contributed by atoms with E-state index in [4.69, 9.17) is 19.9 Å². The lowest BCUT2D eigenvalue weighted by Crippen LogP contribution is -2.11. The zero-order chi connectivity index (χ0) is 41.0. The van der Waals surface area contributed by atoms with Gasteiger partial charge in [-0.05, 0) is 72.9 Å². The molecule has 12 rings (SSSR count). The lowest BCUT2D eigenvalue weighted by atomic mass is 9.88. The van der Waals surface area contributed by atoms with Gasteiger partial charge >= 0.3 is 0 Å². The van der Waals surface area contributed by atoms with Crippen LogP contribution in [0.2, 0.25) is 0 Å². The largest absolute Gasteiger partial charge is 0.317 e. The molecular formula is C56H40N6. The fraction of sp³-hybridized carbons (Fsp3) is 0.0714. The minimum absolute atomic E-state index is 0.222. The average Bonchev–Trinajstić information content (AvgIpc) is 3.87. The van der Waals surface area contributed by atoms with E-state index in [1.165, 1.54) is 66.5 Å². The van der Waals surface area contributed by atoms with Gasteiger partial charge < -0.3 is 9.13 Å². The van der Waals surface area contributed by atoms with Crippen molar-refractivity contribution in [1.29, 1.82) is 0 Å². The number of allylic oxidation sites excluding steroid dienone is 5. The Balaban J connectivity index is 0.927. The fourth-order valence-corrected chi connectivity index (χ4v) is 9.65. The molecular weight excluding hydrogens is 757 g/mol. The fourth-order valence-electron chi connectivity index (χ4n) is 9.65. The van der Waals surface area contributed by atoms with Crippen LogP contribution in [0.3, 0.4) is 0 Å². The maximum absolute atomic E-state index is 5.02. The van der Waals surface area contributed by atoms with Crippen molar-refractivity contribution in [1.82, 2.24) is 29.1 Å². The number of hydrogen-bond donors (Lipinski definition) is 0. The third kappa shape index (κ3) is 6.10. The summed E-state index contributed by atoms with van der Waals surface area (Å²) >= 11 is 0. The molecule has 4 heterocycles. The second-order valence-corrected chi connectivity index (χ2v) is 16.1. The third-order valence-corrected chi connectivity index (χ3v) is 12.5. The Kier molecular flexibility index (Phi) is 8.66. The van der Waals surface area contributed by atoms with E-state index in [0.29, 0.717) is 17.5 Å². The number of para-hydroxylation sites is 3. The van der Waals surface area contributed by atoms with E-state index < -0.39 is 0 Å². The minimum Gasteiger partial charge on any atom is -0.317 e. The van der Waals surface area contributed by atoms with Gasteiger partial charge in [0.2, 0.25) is 0 Å². The second-order valence-electron chi connectivity index (χ2n) is 16.1. The molecule has 62 heavy (non-hydrogen) atoms. The number of rotatable bonds is 7. The normalized spacial score (nSPS) is 14.9. The number of aromatic nitrogens is 6. The van der Waals surface area contributed by atoms with Crippen LogP contribution in [-0.4, -0.2) is 29.1 Å². The van der Waals surface area contributed by atoms with E-state index >= 15 is 0 Å². The SMILES string of the molecule is C1=CC(c2ccc3c4ccccc4n(-c4ccccc4)c3c2)CC(n2c3c(c4ccccc42)C(c2cncc(-c4nc(-c5ccccc5)nc(-c5ccccc5)n4)c2)=CCC3)=C1. The number of hydrogen-bond acceptors (Lipinski definition) is 4. The summed E-state index contributed by atoms with van der Waals surface area (Å²) in [4.78, 5) is 19.8. The summed E-state index contributed by atoms with van der Waals surface area (Å²) in [6.45, 7) is 0. The summed E-state index contributed by atoms with van der Waals surface area (Å²) in [5.74, 6) is 2.08. The van der Waals surface area contributed by atoms with Crippen LogP contribution in [0, 0.1) is 0 Å². The monoisotopic (exact) mass is 796 g/mol. The highest BCUT2D eigenvalue weighted by atomic mass is 15.0. The molecule has 0 bridgehead atoms. The van der Waals surface area contributed by atoms with Gasteiger partial charge in [-0.25, -0.2) is 15.0 Å². The molecule has 6 aromatic carbocycles. The first-order valence-electron chi connectivity index (χ1n) is 21.4. The summed E-state index contributed by atoms with van der Waals surface area (Å²) < 4.78 is 4.96. The van der Waals surface area contributed by atoms with E-state index in [-0.39, 0.29) is 5.92 Å². The molecule has 6 heteroatoms. The van der Waals surface area contributed by atoms with Gasteiger partial charge in [0.15, 0.2) is 17.5 Å². The maximum Gasteiger partial charge on any atom is 0.165 e. The van der Waals surface area contributed by atoms with Crippen LogP contribution in [0.15, 0.2) is 200 Å². The van der Waals surface area contributed by atoms with Gasteiger partial charge in [0.25, 0.3) is 0 Å². The predicted molar refractivity (Wildman–Crippen MR) is 253 cm³/mol. The van der Waals surface area contributed by atoms with Crippen LogP contribution >= 0.6 is 0 Å². The van der Waals surface area contributed by atoms with Gasteiger partial charge in [0.05, 0.1) is 16.6 Å². The molecule has 0 fully saturated rings. The minimum atomic E-state index is 0.222. The van der Waals surface area contributed by atoms with Crippen molar-refractivity contribution >= 4 is 44.0 Å². The summed E-state index contributed by atoms with van der Waals surface area (Å²) in [5.41, 5.74) is 15.1. The molecule has 0 saturated carbocycles. The Morgan fingerprint density at radius 2 is 1.10 bits per heavy atom. The molecule has 1 unspecified atom stereocenters. The molecule has 6 nitrogen and oxygen atoms in total. The number of benzene rings is 6. The van der Waals surface area contributed by atoms with Gasteiger partial charge in [-0.15, -0.1) is 0 Å². The smallest absolute Gasteiger partial charge is 0.165 e. The highest BCUT2D eigenvalue weighted by molar-refractivity contribution is 6.09. The first kappa shape index (κ1) is 35.9. The number of nitrogens with zero attached hydrogens (tertiary/aromatic N) is 6. The highest BCUT2D eigenvalue weighted by Crippen LogP contribution is 2.44. The van der Waals surface area contributed by atoms with Gasteiger partial charge in [-0.3, -0.25) is 4.98 Å². The standard InChI is InChI=1S/C56H40N6/c1-4-16-37(17-5-1)54-58-55(38-18-6-2-7-19-38)60-56(59-54)42-32-41(35-57-36-42)45-26-15-29-51-53(45)48-25-11-13-28-50(48)62(51)44-23-14-20-39(33-44)40-30-31-47-46-24-10-12-27-49(46)61(52(47)34-40)43-21-8-3-9-22-43/h1-14,16-28,30-32,34-36,39H,15,29,33H2. The topological polar surface area (TPSA) is 61.4 Å². The Morgan fingerprint density at radius 3 is 1.82 bits per heavy atom. The van der Waals surface area contributed by atoms with Crippen LogP contribution < -0.4 is 0 Å². The van der Waals surface area contributed by atoms with Gasteiger partial charge in [-0.1, -0.05) is 146 Å². The van der Waals surface area contributed by atoms with Gasteiger partial charge in [0, 0.05) is 79.4 Å². The first-order valence-corrected chi connectivity index (χ1v) is 21.4. The Labute approximate surface area is 359 Å². The lowest BCUT2D eigenvalue weighted by Gasteiger charge is -2.24. The first-order chi connectivity index (χ1) is 30.7. The molecule has 1 atom stereocenters. The molecule has 0 spiro atoms. The molecule has 0 N–H and O–H groups in total. The molecule has 4 aromatic heterocycles. The van der Waals surface area contributed by atoms with Crippen molar-refractivity contribution in [3.05, 3.63) is 223 Å². The van der Waals surface area contributed by atoms with Crippen LogP contribution in [0.1, 0.15) is 41.1 Å². The Bertz CT molecular complexity index is 3370. The van der Waals surface area contributed by atoms with Gasteiger partial charge in [0.1, 0.15) is 0 Å². The van der Waals surface area contributed by atoms with Crippen molar-refractivity contribution in [2.45, 2.75) is 25.2 Å². The van der Waals surface area contributed by atoms with Crippen LogP contribution in [0.4, 0.5) is 0 Å². The molecule has 0 aliphatic heterocycles. The summed E-state index contributed by atoms with van der Waals surface area (Å²) in [6, 6.07) is 57.8. The molecule has 2 aliphatic carbocycles. The second kappa shape index (κ2) is 14.9. The maximum atomic E-state index is 5.02. The Hall–Kier alpha value is -7.96. The summed E-state index contributed by atoms with van der Waals surface area (Å²) in [5, 5.41) is 3.79. The van der Waals surface area contributed by atoms with E-state index in [2.05, 4.69) is 137 Å². The van der Waals surface area contributed by atoms with Gasteiger partial charge in [-0.2, -0.15) is 0 Å². The van der Waals surface area contributed by atoms with Crippen molar-refractivity contribution in [2.75, 3.05) is 0 Å². The van der Waals surface area contributed by atoms with Crippen molar-refractivity contribution < 1.29 is 0 Å². The van der Waals surface area contributed by atoms with Crippen molar-refractivity contribution in [2.24, 2.45) is 0 Å². The molecule has 10 aromatic rings. The van der Waals surface area contributed by atoms with E-state index in [9.17, 15) is 0 Å². The van der Waals surface area contributed by atoms with Crippen LogP contribution in [0.5, 0.6) is 0 Å².